The molecule has 1 unspecified atom stereocenters. The molecule has 112 valence electrons. The fourth-order valence-electron chi connectivity index (χ4n) is 2.29. The van der Waals surface area contributed by atoms with Gasteiger partial charge in [0.25, 0.3) is 0 Å². The number of methoxy groups -OCH3 is 1. The van der Waals surface area contributed by atoms with Crippen molar-refractivity contribution in [2.24, 2.45) is 5.92 Å². The van der Waals surface area contributed by atoms with Gasteiger partial charge in [0.1, 0.15) is 11.6 Å². The van der Waals surface area contributed by atoms with Crippen molar-refractivity contribution in [1.82, 2.24) is 0 Å². The lowest BCUT2D eigenvalue weighted by Gasteiger charge is -2.15. The quantitative estimate of drug-likeness (QED) is 0.627. The van der Waals surface area contributed by atoms with Crippen LogP contribution in [-0.2, 0) is 12.8 Å². The van der Waals surface area contributed by atoms with Crippen molar-refractivity contribution in [2.75, 3.05) is 12.4 Å². The van der Waals surface area contributed by atoms with Crippen LogP contribution in [0.15, 0.2) is 42.5 Å². The number of hydrogen-bond donors (Lipinski definition) is 0. The lowest BCUT2D eigenvalue weighted by Crippen LogP contribution is -2.10. The average Bonchev–Trinajstić information content (AvgIpc) is 2.51. The highest BCUT2D eigenvalue weighted by atomic mass is 79.9. The van der Waals surface area contributed by atoms with Crippen LogP contribution in [0.5, 0.6) is 5.75 Å². The minimum atomic E-state index is -0.243. The molecule has 4 heteroatoms. The Morgan fingerprint density at radius 2 is 1.86 bits per heavy atom. The standard InChI is InChI=1S/C17H17BrClFO/c1-21-16-5-2-12(3-6-16)8-13(11-18)9-14-10-15(20)4-7-17(14)19/h2-7,10,13H,8-9,11H2,1H3. The molecule has 2 aromatic rings. The molecule has 0 saturated carbocycles. The Balaban J connectivity index is 2.07. The molecular formula is C17H17BrClFO. The van der Waals surface area contributed by atoms with Crippen LogP contribution in [0.2, 0.25) is 5.02 Å². The largest absolute Gasteiger partial charge is 0.497 e. The third kappa shape index (κ3) is 4.72. The van der Waals surface area contributed by atoms with Crippen molar-refractivity contribution < 1.29 is 9.13 Å². The third-order valence-corrected chi connectivity index (χ3v) is 4.70. The van der Waals surface area contributed by atoms with Crippen molar-refractivity contribution >= 4 is 27.5 Å². The van der Waals surface area contributed by atoms with Gasteiger partial charge >= 0.3 is 0 Å². The van der Waals surface area contributed by atoms with E-state index in [1.54, 1.807) is 13.2 Å². The van der Waals surface area contributed by atoms with Gasteiger partial charge < -0.3 is 4.74 Å². The summed E-state index contributed by atoms with van der Waals surface area (Å²) in [5, 5.41) is 1.46. The van der Waals surface area contributed by atoms with Crippen LogP contribution in [0, 0.1) is 11.7 Å². The molecule has 2 rings (SSSR count). The third-order valence-electron chi connectivity index (χ3n) is 3.42. The second-order valence-corrected chi connectivity index (χ2v) is 6.07. The number of alkyl halides is 1. The van der Waals surface area contributed by atoms with E-state index in [4.69, 9.17) is 16.3 Å². The molecule has 0 aliphatic rings. The first kappa shape index (κ1) is 16.3. The van der Waals surface area contributed by atoms with Crippen LogP contribution < -0.4 is 4.74 Å². The van der Waals surface area contributed by atoms with Gasteiger partial charge in [-0.2, -0.15) is 0 Å². The number of benzene rings is 2. The van der Waals surface area contributed by atoms with Crippen LogP contribution in [0.25, 0.3) is 0 Å². The minimum Gasteiger partial charge on any atom is -0.497 e. The highest BCUT2D eigenvalue weighted by Gasteiger charge is 2.12. The van der Waals surface area contributed by atoms with Gasteiger partial charge in [0.2, 0.25) is 0 Å². The van der Waals surface area contributed by atoms with Gasteiger partial charge in [-0.15, -0.1) is 0 Å². The molecule has 0 aromatic heterocycles. The lowest BCUT2D eigenvalue weighted by molar-refractivity contribution is 0.414. The first-order valence-electron chi connectivity index (χ1n) is 6.75. The van der Waals surface area contributed by atoms with E-state index in [0.717, 1.165) is 29.5 Å². The molecule has 0 bridgehead atoms. The summed E-state index contributed by atoms with van der Waals surface area (Å²) in [6, 6.07) is 12.5. The first-order chi connectivity index (χ1) is 10.1. The molecule has 0 radical (unpaired) electrons. The van der Waals surface area contributed by atoms with Crippen molar-refractivity contribution in [3.63, 3.8) is 0 Å². The second kappa shape index (κ2) is 7.81. The lowest BCUT2D eigenvalue weighted by atomic mass is 9.94. The molecule has 0 amide bonds. The molecule has 0 saturated heterocycles. The number of ether oxygens (including phenoxy) is 1. The zero-order chi connectivity index (χ0) is 15.2. The molecule has 0 spiro atoms. The summed E-state index contributed by atoms with van der Waals surface area (Å²) in [5.41, 5.74) is 2.09. The number of rotatable bonds is 6. The second-order valence-electron chi connectivity index (χ2n) is 5.01. The maximum atomic E-state index is 13.3. The van der Waals surface area contributed by atoms with Gasteiger partial charge in [0.05, 0.1) is 7.11 Å². The van der Waals surface area contributed by atoms with Crippen LogP contribution >= 0.6 is 27.5 Å². The van der Waals surface area contributed by atoms with Gasteiger partial charge in [-0.25, -0.2) is 4.39 Å². The molecule has 1 nitrogen and oxygen atoms in total. The van der Waals surface area contributed by atoms with E-state index in [1.807, 2.05) is 12.1 Å². The predicted octanol–water partition coefficient (Wildman–Crippen LogP) is 5.28. The topological polar surface area (TPSA) is 9.23 Å². The fourth-order valence-corrected chi connectivity index (χ4v) is 2.94. The Labute approximate surface area is 138 Å². The van der Waals surface area contributed by atoms with Gasteiger partial charge in [-0.1, -0.05) is 39.7 Å². The average molecular weight is 372 g/mol. The van der Waals surface area contributed by atoms with E-state index >= 15 is 0 Å². The van der Waals surface area contributed by atoms with Gasteiger partial charge in [-0.3, -0.25) is 0 Å². The predicted molar refractivity (Wildman–Crippen MR) is 89.1 cm³/mol. The summed E-state index contributed by atoms with van der Waals surface area (Å²) in [7, 11) is 1.66. The van der Waals surface area contributed by atoms with E-state index in [0.29, 0.717) is 10.9 Å². The highest BCUT2D eigenvalue weighted by molar-refractivity contribution is 9.09. The Morgan fingerprint density at radius 3 is 2.48 bits per heavy atom. The van der Waals surface area contributed by atoms with Gasteiger partial charge in [0.15, 0.2) is 0 Å². The molecule has 0 heterocycles. The summed E-state index contributed by atoms with van der Waals surface area (Å²) < 4.78 is 18.5. The van der Waals surface area contributed by atoms with Crippen molar-refractivity contribution in [2.45, 2.75) is 12.8 Å². The zero-order valence-corrected chi connectivity index (χ0v) is 14.1. The maximum absolute atomic E-state index is 13.3. The minimum absolute atomic E-state index is 0.243. The van der Waals surface area contributed by atoms with E-state index in [2.05, 4.69) is 28.1 Å². The molecule has 2 aromatic carbocycles. The number of halogens is 3. The summed E-state index contributed by atoms with van der Waals surface area (Å²) in [6.45, 7) is 0. The van der Waals surface area contributed by atoms with E-state index in [9.17, 15) is 4.39 Å². The van der Waals surface area contributed by atoms with Crippen molar-refractivity contribution in [3.05, 3.63) is 64.4 Å². The Kier molecular flexibility index (Phi) is 6.07. The summed E-state index contributed by atoms with van der Waals surface area (Å²) in [5.74, 6) is 0.965. The van der Waals surface area contributed by atoms with Gasteiger partial charge in [0, 0.05) is 10.4 Å². The molecule has 0 fully saturated rings. The van der Waals surface area contributed by atoms with Crippen LogP contribution in [-0.4, -0.2) is 12.4 Å². The zero-order valence-electron chi connectivity index (χ0n) is 11.8. The van der Waals surface area contributed by atoms with E-state index < -0.39 is 0 Å². The van der Waals surface area contributed by atoms with Crippen molar-refractivity contribution in [1.29, 1.82) is 0 Å². The molecule has 0 aliphatic heterocycles. The number of hydrogen-bond acceptors (Lipinski definition) is 1. The Morgan fingerprint density at radius 1 is 1.14 bits per heavy atom. The smallest absolute Gasteiger partial charge is 0.123 e. The Hall–Kier alpha value is -1.06. The van der Waals surface area contributed by atoms with E-state index in [-0.39, 0.29) is 5.82 Å². The first-order valence-corrected chi connectivity index (χ1v) is 8.25. The molecule has 1 atom stereocenters. The highest BCUT2D eigenvalue weighted by Crippen LogP contribution is 2.24. The molecule has 21 heavy (non-hydrogen) atoms. The van der Waals surface area contributed by atoms with Crippen LogP contribution in [0.1, 0.15) is 11.1 Å². The maximum Gasteiger partial charge on any atom is 0.123 e. The summed E-state index contributed by atoms with van der Waals surface area (Å²) in [4.78, 5) is 0. The van der Waals surface area contributed by atoms with Crippen LogP contribution in [0.3, 0.4) is 0 Å². The summed E-state index contributed by atoms with van der Waals surface area (Å²) in [6.07, 6.45) is 1.65. The van der Waals surface area contributed by atoms with Gasteiger partial charge in [-0.05, 0) is 60.2 Å². The van der Waals surface area contributed by atoms with E-state index in [1.165, 1.54) is 17.7 Å². The SMILES string of the molecule is COc1ccc(CC(CBr)Cc2cc(F)ccc2Cl)cc1. The summed E-state index contributed by atoms with van der Waals surface area (Å²) >= 11 is 9.68. The molecule has 0 aliphatic carbocycles. The molecular weight excluding hydrogens is 355 g/mol. The normalized spacial score (nSPS) is 12.2. The fraction of sp³-hybridized carbons (Fsp3) is 0.294. The monoisotopic (exact) mass is 370 g/mol. The van der Waals surface area contributed by atoms with Crippen molar-refractivity contribution in [3.8, 4) is 5.75 Å². The van der Waals surface area contributed by atoms with Crippen LogP contribution in [0.4, 0.5) is 4.39 Å². The molecule has 0 N–H and O–H groups in total. The Bertz CT molecular complexity index is 586.